The van der Waals surface area contributed by atoms with Gasteiger partial charge in [0.15, 0.2) is 0 Å². The zero-order chi connectivity index (χ0) is 22.4. The molecule has 0 amide bonds. The van der Waals surface area contributed by atoms with Crippen molar-refractivity contribution >= 4 is 32.8 Å². The highest BCUT2D eigenvalue weighted by Gasteiger charge is 2.21. The molecule has 0 aliphatic carbocycles. The van der Waals surface area contributed by atoms with Crippen LogP contribution in [0.25, 0.3) is 49.9 Å². The Morgan fingerprint density at radius 1 is 0.667 bits per heavy atom. The van der Waals surface area contributed by atoms with Gasteiger partial charge >= 0.3 is 0 Å². The Hall–Kier alpha value is -4.45. The summed E-state index contributed by atoms with van der Waals surface area (Å²) in [6, 6.07) is 24.0. The van der Waals surface area contributed by atoms with Crippen LogP contribution in [-0.2, 0) is 0 Å². The fraction of sp³-hybridized carbons (Fsp3) is 0.0741. The van der Waals surface area contributed by atoms with E-state index in [1.165, 1.54) is 0 Å². The van der Waals surface area contributed by atoms with Crippen LogP contribution in [0.5, 0.6) is 11.5 Å². The van der Waals surface area contributed by atoms with Gasteiger partial charge in [-0.2, -0.15) is 0 Å². The highest BCUT2D eigenvalue weighted by atomic mass is 16.5. The molecule has 160 valence electrons. The van der Waals surface area contributed by atoms with Gasteiger partial charge < -0.3 is 9.47 Å². The standard InChI is InChI=1S/C27H20N4O2/c1-32-19-14-18(15-20(16-19)33-2)31-26-22-11-7-13-29-24(22)23-21(10-6-12-28-23)25(26)30-27(31)17-8-4-3-5-9-17/h3-16H,1-2H3. The summed E-state index contributed by atoms with van der Waals surface area (Å²) >= 11 is 0. The predicted octanol–water partition coefficient (Wildman–Crippen LogP) is 5.81. The van der Waals surface area contributed by atoms with Crippen molar-refractivity contribution in [1.29, 1.82) is 0 Å². The lowest BCUT2D eigenvalue weighted by Gasteiger charge is -2.14. The van der Waals surface area contributed by atoms with Crippen molar-refractivity contribution < 1.29 is 9.47 Å². The van der Waals surface area contributed by atoms with E-state index < -0.39 is 0 Å². The largest absolute Gasteiger partial charge is 0.497 e. The maximum absolute atomic E-state index is 5.57. The Labute approximate surface area is 190 Å². The Morgan fingerprint density at radius 2 is 1.30 bits per heavy atom. The van der Waals surface area contributed by atoms with E-state index in [2.05, 4.69) is 33.8 Å². The minimum Gasteiger partial charge on any atom is -0.497 e. The van der Waals surface area contributed by atoms with Crippen molar-refractivity contribution in [3.05, 3.63) is 85.2 Å². The third kappa shape index (κ3) is 2.99. The first kappa shape index (κ1) is 19.3. The number of aromatic nitrogens is 4. The van der Waals surface area contributed by atoms with Gasteiger partial charge in [-0.05, 0) is 24.3 Å². The number of benzene rings is 3. The van der Waals surface area contributed by atoms with Crippen molar-refractivity contribution in [2.75, 3.05) is 14.2 Å². The van der Waals surface area contributed by atoms with Crippen LogP contribution >= 0.6 is 0 Å². The highest BCUT2D eigenvalue weighted by Crippen LogP contribution is 2.39. The average Bonchev–Trinajstić information content (AvgIpc) is 3.30. The smallest absolute Gasteiger partial charge is 0.145 e. The monoisotopic (exact) mass is 432 g/mol. The summed E-state index contributed by atoms with van der Waals surface area (Å²) < 4.78 is 13.3. The number of pyridine rings is 2. The molecule has 3 aromatic carbocycles. The first-order valence-corrected chi connectivity index (χ1v) is 10.6. The maximum Gasteiger partial charge on any atom is 0.145 e. The van der Waals surface area contributed by atoms with Crippen LogP contribution in [-0.4, -0.2) is 33.7 Å². The highest BCUT2D eigenvalue weighted by molar-refractivity contribution is 6.21. The third-order valence-electron chi connectivity index (χ3n) is 5.85. The number of methoxy groups -OCH3 is 2. The van der Waals surface area contributed by atoms with Gasteiger partial charge in [-0.15, -0.1) is 0 Å². The first-order valence-electron chi connectivity index (χ1n) is 10.6. The van der Waals surface area contributed by atoms with E-state index in [0.717, 1.165) is 49.9 Å². The zero-order valence-electron chi connectivity index (χ0n) is 18.2. The fourth-order valence-corrected chi connectivity index (χ4v) is 4.38. The SMILES string of the molecule is COc1cc(OC)cc(-n2c(-c3ccccc3)nc3c4cccnc4c4ncccc4c32)c1. The molecule has 0 radical (unpaired) electrons. The maximum atomic E-state index is 5.57. The van der Waals surface area contributed by atoms with E-state index in [4.69, 9.17) is 19.4 Å². The molecule has 0 aliphatic rings. The van der Waals surface area contributed by atoms with Gasteiger partial charge in [-0.3, -0.25) is 14.5 Å². The van der Waals surface area contributed by atoms with Crippen molar-refractivity contribution in [3.8, 4) is 28.6 Å². The zero-order valence-corrected chi connectivity index (χ0v) is 18.2. The molecule has 0 N–H and O–H groups in total. The second-order valence-corrected chi connectivity index (χ2v) is 7.70. The predicted molar refractivity (Wildman–Crippen MR) is 130 cm³/mol. The summed E-state index contributed by atoms with van der Waals surface area (Å²) in [5, 5.41) is 1.94. The van der Waals surface area contributed by atoms with Gasteiger partial charge in [0.1, 0.15) is 17.3 Å². The van der Waals surface area contributed by atoms with Crippen LogP contribution in [0.15, 0.2) is 85.2 Å². The van der Waals surface area contributed by atoms with E-state index >= 15 is 0 Å². The molecule has 0 saturated carbocycles. The normalized spacial score (nSPS) is 11.3. The lowest BCUT2D eigenvalue weighted by Crippen LogP contribution is -2.00. The van der Waals surface area contributed by atoms with Gasteiger partial charge in [-0.1, -0.05) is 30.3 Å². The van der Waals surface area contributed by atoms with Gasteiger partial charge in [-0.25, -0.2) is 4.98 Å². The van der Waals surface area contributed by atoms with Gasteiger partial charge in [0.05, 0.1) is 42.0 Å². The van der Waals surface area contributed by atoms with E-state index in [1.54, 1.807) is 26.6 Å². The van der Waals surface area contributed by atoms with Crippen LogP contribution in [0, 0.1) is 0 Å². The summed E-state index contributed by atoms with van der Waals surface area (Å²) in [4.78, 5) is 14.5. The van der Waals surface area contributed by atoms with Crippen molar-refractivity contribution in [1.82, 2.24) is 19.5 Å². The summed E-state index contributed by atoms with van der Waals surface area (Å²) in [7, 11) is 3.31. The molecule has 0 saturated heterocycles. The Morgan fingerprint density at radius 3 is 1.97 bits per heavy atom. The van der Waals surface area contributed by atoms with Crippen LogP contribution in [0.3, 0.4) is 0 Å². The second kappa shape index (κ2) is 7.60. The number of imidazole rings is 1. The third-order valence-corrected chi connectivity index (χ3v) is 5.85. The molecule has 0 unspecified atom stereocenters. The molecule has 6 rings (SSSR count). The topological polar surface area (TPSA) is 62.1 Å². The molecule has 6 nitrogen and oxygen atoms in total. The lowest BCUT2D eigenvalue weighted by atomic mass is 10.1. The van der Waals surface area contributed by atoms with E-state index in [1.807, 2.05) is 48.5 Å². The summed E-state index contributed by atoms with van der Waals surface area (Å²) in [5.74, 6) is 2.23. The number of fused-ring (bicyclic) bond motifs is 6. The molecule has 6 aromatic rings. The van der Waals surface area contributed by atoms with E-state index in [0.29, 0.717) is 11.5 Å². The molecule has 0 bridgehead atoms. The van der Waals surface area contributed by atoms with Gasteiger partial charge in [0.25, 0.3) is 0 Å². The Balaban J connectivity index is 1.85. The molecular weight excluding hydrogens is 412 g/mol. The number of nitrogens with zero attached hydrogens (tertiary/aromatic N) is 4. The van der Waals surface area contributed by atoms with E-state index in [-0.39, 0.29) is 0 Å². The molecular formula is C27H20N4O2. The van der Waals surface area contributed by atoms with Crippen LogP contribution in [0.1, 0.15) is 0 Å². The van der Waals surface area contributed by atoms with E-state index in [9.17, 15) is 0 Å². The van der Waals surface area contributed by atoms with Crippen molar-refractivity contribution in [3.63, 3.8) is 0 Å². The molecule has 3 heterocycles. The number of hydrogen-bond donors (Lipinski definition) is 0. The molecule has 0 fully saturated rings. The summed E-state index contributed by atoms with van der Waals surface area (Å²) in [6.07, 6.45) is 3.60. The minimum atomic E-state index is 0.704. The number of hydrogen-bond acceptors (Lipinski definition) is 5. The van der Waals surface area contributed by atoms with Crippen LogP contribution < -0.4 is 9.47 Å². The second-order valence-electron chi connectivity index (χ2n) is 7.70. The fourth-order valence-electron chi connectivity index (χ4n) is 4.38. The van der Waals surface area contributed by atoms with Crippen LogP contribution in [0.4, 0.5) is 0 Å². The number of ether oxygens (including phenoxy) is 2. The van der Waals surface area contributed by atoms with Crippen molar-refractivity contribution in [2.45, 2.75) is 0 Å². The summed E-state index contributed by atoms with van der Waals surface area (Å²) in [6.45, 7) is 0. The molecule has 0 spiro atoms. The summed E-state index contributed by atoms with van der Waals surface area (Å²) in [5.41, 5.74) is 5.42. The molecule has 6 heteroatoms. The lowest BCUT2D eigenvalue weighted by molar-refractivity contribution is 0.394. The molecule has 3 aromatic heterocycles. The van der Waals surface area contributed by atoms with Crippen molar-refractivity contribution in [2.24, 2.45) is 0 Å². The Kier molecular flexibility index (Phi) is 4.43. The molecule has 0 aliphatic heterocycles. The van der Waals surface area contributed by atoms with Crippen LogP contribution in [0.2, 0.25) is 0 Å². The molecule has 0 atom stereocenters. The Bertz CT molecular complexity index is 1620. The van der Waals surface area contributed by atoms with Gasteiger partial charge in [0, 0.05) is 46.9 Å². The van der Waals surface area contributed by atoms with Gasteiger partial charge in [0.2, 0.25) is 0 Å². The quantitative estimate of drug-likeness (QED) is 0.329. The minimum absolute atomic E-state index is 0.704. The average molecular weight is 432 g/mol. The molecule has 33 heavy (non-hydrogen) atoms. The number of rotatable bonds is 4. The first-order chi connectivity index (χ1) is 16.3.